The molecule has 0 N–H and O–H groups in total. The predicted octanol–water partition coefficient (Wildman–Crippen LogP) is 7.11. The summed E-state index contributed by atoms with van der Waals surface area (Å²) in [6.45, 7) is 15.3. The van der Waals surface area contributed by atoms with Gasteiger partial charge in [0.2, 0.25) is 0 Å². The van der Waals surface area contributed by atoms with Crippen LogP contribution < -0.4 is 4.43 Å². The Hall–Kier alpha value is -1.87. The molecular weight excluding hydrogens is 336 g/mol. The maximum atomic E-state index is 12.1. The van der Waals surface area contributed by atoms with Crippen LogP contribution in [0.25, 0.3) is 11.1 Å². The van der Waals surface area contributed by atoms with Gasteiger partial charge in [-0.3, -0.25) is 4.79 Å². The lowest BCUT2D eigenvalue weighted by Gasteiger charge is -2.42. The van der Waals surface area contributed by atoms with E-state index in [4.69, 9.17) is 4.43 Å². The van der Waals surface area contributed by atoms with Crippen molar-refractivity contribution in [3.05, 3.63) is 54.1 Å². The van der Waals surface area contributed by atoms with Crippen molar-refractivity contribution >= 4 is 14.1 Å². The molecule has 0 spiro atoms. The molecule has 0 amide bonds. The normalized spacial score (nSPS) is 12.1. The molecule has 0 atom stereocenters. The zero-order chi connectivity index (χ0) is 19.5. The SMILES string of the molecule is CC(=O)c1ccc(O[Si](C(C)C)(C(C)C)C(C)C)cc1-c1ccccc1. The van der Waals surface area contributed by atoms with Crippen molar-refractivity contribution in [2.24, 2.45) is 0 Å². The highest BCUT2D eigenvalue weighted by Crippen LogP contribution is 2.43. The number of hydrogen-bond donors (Lipinski definition) is 0. The summed E-state index contributed by atoms with van der Waals surface area (Å²) >= 11 is 0. The average Bonchev–Trinajstić information content (AvgIpc) is 2.59. The molecule has 3 heteroatoms. The highest BCUT2D eigenvalue weighted by Gasteiger charge is 2.47. The maximum absolute atomic E-state index is 12.1. The van der Waals surface area contributed by atoms with Crippen LogP contribution in [0.5, 0.6) is 5.75 Å². The fraction of sp³-hybridized carbons (Fsp3) is 0.435. The third kappa shape index (κ3) is 3.93. The minimum Gasteiger partial charge on any atom is -0.543 e. The van der Waals surface area contributed by atoms with E-state index in [0.29, 0.717) is 16.6 Å². The van der Waals surface area contributed by atoms with Crippen LogP contribution in [0.3, 0.4) is 0 Å². The summed E-state index contributed by atoms with van der Waals surface area (Å²) in [7, 11) is -2.02. The first-order valence-corrected chi connectivity index (χ1v) is 11.7. The predicted molar refractivity (Wildman–Crippen MR) is 114 cm³/mol. The molecule has 0 bridgehead atoms. The standard InChI is InChI=1S/C23H32O2Si/c1-16(2)26(17(3)4,18(5)6)25-21-13-14-22(19(7)24)23(15-21)20-11-9-8-10-12-20/h8-18H,1-7H3. The van der Waals surface area contributed by atoms with E-state index in [1.807, 2.05) is 42.5 Å². The lowest BCUT2D eigenvalue weighted by Crippen LogP contribution is -2.50. The largest absolute Gasteiger partial charge is 0.543 e. The Balaban J connectivity index is 2.56. The molecule has 2 nitrogen and oxygen atoms in total. The van der Waals surface area contributed by atoms with Crippen LogP contribution in [-0.2, 0) is 0 Å². The molecule has 2 rings (SSSR count). The van der Waals surface area contributed by atoms with Crippen LogP contribution in [0.2, 0.25) is 16.6 Å². The van der Waals surface area contributed by atoms with Gasteiger partial charge in [-0.05, 0) is 52.9 Å². The van der Waals surface area contributed by atoms with Crippen molar-refractivity contribution in [2.75, 3.05) is 0 Å². The Bertz CT molecular complexity index is 726. The van der Waals surface area contributed by atoms with Crippen molar-refractivity contribution in [3.63, 3.8) is 0 Å². The van der Waals surface area contributed by atoms with Crippen LogP contribution in [0.1, 0.15) is 58.8 Å². The first-order valence-electron chi connectivity index (χ1n) is 9.59. The molecule has 0 heterocycles. The summed E-state index contributed by atoms with van der Waals surface area (Å²) in [5.41, 5.74) is 4.28. The highest BCUT2D eigenvalue weighted by molar-refractivity contribution is 6.78. The van der Waals surface area contributed by atoms with Crippen molar-refractivity contribution < 1.29 is 9.22 Å². The number of hydrogen-bond acceptors (Lipinski definition) is 2. The third-order valence-electron chi connectivity index (χ3n) is 5.46. The number of carbonyl (C=O) groups is 1. The summed E-state index contributed by atoms with van der Waals surface area (Å²) in [5.74, 6) is 0.965. The number of benzene rings is 2. The Morgan fingerprint density at radius 1 is 0.846 bits per heavy atom. The average molecular weight is 369 g/mol. The van der Waals surface area contributed by atoms with E-state index in [1.165, 1.54) is 0 Å². The van der Waals surface area contributed by atoms with Crippen LogP contribution in [-0.4, -0.2) is 14.1 Å². The second kappa shape index (κ2) is 8.21. The third-order valence-corrected chi connectivity index (χ3v) is 11.5. The van der Waals surface area contributed by atoms with E-state index >= 15 is 0 Å². The smallest absolute Gasteiger partial charge is 0.258 e. The number of ketones is 1. The first-order chi connectivity index (χ1) is 12.2. The molecule has 0 saturated carbocycles. The maximum Gasteiger partial charge on any atom is 0.258 e. The lowest BCUT2D eigenvalue weighted by atomic mass is 9.97. The van der Waals surface area contributed by atoms with E-state index < -0.39 is 8.32 Å². The topological polar surface area (TPSA) is 26.3 Å². The monoisotopic (exact) mass is 368 g/mol. The Kier molecular flexibility index (Phi) is 6.46. The Labute approximate surface area is 159 Å². The molecule has 0 unspecified atom stereocenters. The second-order valence-electron chi connectivity index (χ2n) is 8.05. The molecule has 0 fully saturated rings. The van der Waals surface area contributed by atoms with Crippen LogP contribution in [0, 0.1) is 0 Å². The van der Waals surface area contributed by atoms with Crippen molar-refractivity contribution in [3.8, 4) is 16.9 Å². The van der Waals surface area contributed by atoms with E-state index in [-0.39, 0.29) is 5.78 Å². The van der Waals surface area contributed by atoms with Gasteiger partial charge in [0, 0.05) is 5.56 Å². The minimum atomic E-state index is -2.02. The highest BCUT2D eigenvalue weighted by atomic mass is 28.4. The van der Waals surface area contributed by atoms with E-state index in [2.05, 4.69) is 47.6 Å². The lowest BCUT2D eigenvalue weighted by molar-refractivity contribution is 0.101. The van der Waals surface area contributed by atoms with Gasteiger partial charge in [-0.1, -0.05) is 71.9 Å². The van der Waals surface area contributed by atoms with Gasteiger partial charge in [0.05, 0.1) is 0 Å². The van der Waals surface area contributed by atoms with Gasteiger partial charge >= 0.3 is 0 Å². The molecule has 0 aliphatic heterocycles. The van der Waals surface area contributed by atoms with Gasteiger partial charge in [0.15, 0.2) is 5.78 Å². The quantitative estimate of drug-likeness (QED) is 0.384. The molecule has 26 heavy (non-hydrogen) atoms. The van der Waals surface area contributed by atoms with Crippen molar-refractivity contribution in [1.29, 1.82) is 0 Å². The summed E-state index contributed by atoms with van der Waals surface area (Å²) in [6, 6.07) is 16.0. The van der Waals surface area contributed by atoms with Gasteiger partial charge in [0.1, 0.15) is 5.75 Å². The molecule has 0 saturated heterocycles. The van der Waals surface area contributed by atoms with Crippen LogP contribution >= 0.6 is 0 Å². The Morgan fingerprint density at radius 3 is 1.85 bits per heavy atom. The van der Waals surface area contributed by atoms with Gasteiger partial charge in [-0.25, -0.2) is 0 Å². The molecular formula is C23H32O2Si. The van der Waals surface area contributed by atoms with Gasteiger partial charge in [-0.2, -0.15) is 0 Å². The van der Waals surface area contributed by atoms with E-state index in [0.717, 1.165) is 22.4 Å². The summed E-state index contributed by atoms with van der Waals surface area (Å²) < 4.78 is 6.81. The molecule has 0 aliphatic carbocycles. The Morgan fingerprint density at radius 2 is 1.38 bits per heavy atom. The summed E-state index contributed by atoms with van der Waals surface area (Å²) in [6.07, 6.45) is 0. The van der Waals surface area contributed by atoms with Gasteiger partial charge < -0.3 is 4.43 Å². The van der Waals surface area contributed by atoms with E-state index in [9.17, 15) is 4.79 Å². The van der Waals surface area contributed by atoms with Crippen LogP contribution in [0.15, 0.2) is 48.5 Å². The van der Waals surface area contributed by atoms with E-state index in [1.54, 1.807) is 6.92 Å². The van der Waals surface area contributed by atoms with Gasteiger partial charge in [0.25, 0.3) is 8.32 Å². The zero-order valence-corrected chi connectivity index (χ0v) is 18.2. The minimum absolute atomic E-state index is 0.0792. The van der Waals surface area contributed by atoms with Crippen molar-refractivity contribution in [1.82, 2.24) is 0 Å². The molecule has 2 aromatic carbocycles. The first kappa shape index (κ1) is 20.4. The number of carbonyl (C=O) groups excluding carboxylic acids is 1. The molecule has 0 radical (unpaired) electrons. The summed E-state index contributed by atoms with van der Waals surface area (Å²) in [4.78, 5) is 12.1. The van der Waals surface area contributed by atoms with Gasteiger partial charge in [-0.15, -0.1) is 0 Å². The molecule has 0 aromatic heterocycles. The second-order valence-corrected chi connectivity index (χ2v) is 13.4. The van der Waals surface area contributed by atoms with Crippen molar-refractivity contribution in [2.45, 2.75) is 65.1 Å². The molecule has 0 aliphatic rings. The fourth-order valence-electron chi connectivity index (χ4n) is 4.31. The molecule has 2 aromatic rings. The van der Waals surface area contributed by atoms with Crippen LogP contribution in [0.4, 0.5) is 0 Å². The number of Topliss-reactive ketones (excluding diaryl/α,β-unsaturated/α-hetero) is 1. The number of rotatable bonds is 7. The molecule has 140 valence electrons. The summed E-state index contributed by atoms with van der Waals surface area (Å²) in [5, 5.41) is 0. The zero-order valence-electron chi connectivity index (χ0n) is 17.2. The fourth-order valence-corrected chi connectivity index (χ4v) is 9.55.